The van der Waals surface area contributed by atoms with E-state index in [1.54, 1.807) is 12.1 Å². The summed E-state index contributed by atoms with van der Waals surface area (Å²) in [5, 5.41) is 5.19. The second kappa shape index (κ2) is 9.81. The molecule has 1 saturated heterocycles. The standard InChI is InChI=1S/C27H32N4O3/c1-27(2,3)34-26(33)30-22-10-12-31(13-11-22)17-18-4-5-21-15-29-16-24(23(21)14-18)19-6-8-20(9-7-19)25(28)32/h4-9,14-16,22H,10-13,17H2,1-3H3,(H2,28,32)(H,30,33). The van der Waals surface area contributed by atoms with Gasteiger partial charge in [0.2, 0.25) is 5.91 Å². The highest BCUT2D eigenvalue weighted by Gasteiger charge is 2.23. The smallest absolute Gasteiger partial charge is 0.407 e. The van der Waals surface area contributed by atoms with Gasteiger partial charge in [-0.1, -0.05) is 24.3 Å². The summed E-state index contributed by atoms with van der Waals surface area (Å²) in [7, 11) is 0. The van der Waals surface area contributed by atoms with Crippen LogP contribution in [0.25, 0.3) is 21.9 Å². The highest BCUT2D eigenvalue weighted by atomic mass is 16.6. The molecule has 0 aliphatic carbocycles. The quantitative estimate of drug-likeness (QED) is 0.585. The molecule has 0 unspecified atom stereocenters. The molecule has 7 nitrogen and oxygen atoms in total. The third-order valence-corrected chi connectivity index (χ3v) is 6.02. The van der Waals surface area contributed by atoms with Crippen molar-refractivity contribution in [3.8, 4) is 11.1 Å². The minimum absolute atomic E-state index is 0.142. The molecule has 34 heavy (non-hydrogen) atoms. The van der Waals surface area contributed by atoms with Gasteiger partial charge >= 0.3 is 6.09 Å². The third kappa shape index (κ3) is 5.91. The number of rotatable bonds is 5. The number of hydrogen-bond donors (Lipinski definition) is 2. The van der Waals surface area contributed by atoms with Crippen molar-refractivity contribution >= 4 is 22.8 Å². The van der Waals surface area contributed by atoms with Gasteiger partial charge in [-0.2, -0.15) is 0 Å². The Kier molecular flexibility index (Phi) is 6.84. The van der Waals surface area contributed by atoms with Gasteiger partial charge < -0.3 is 15.8 Å². The molecule has 3 aromatic rings. The van der Waals surface area contributed by atoms with Gasteiger partial charge in [0.25, 0.3) is 0 Å². The number of ether oxygens (including phenoxy) is 1. The predicted molar refractivity (Wildman–Crippen MR) is 133 cm³/mol. The SMILES string of the molecule is CC(C)(C)OC(=O)NC1CCN(Cc2ccc3cncc(-c4ccc(C(N)=O)cc4)c3c2)CC1. The van der Waals surface area contributed by atoms with Crippen LogP contribution in [0.5, 0.6) is 0 Å². The van der Waals surface area contributed by atoms with E-state index in [-0.39, 0.29) is 12.1 Å². The molecule has 0 atom stereocenters. The molecule has 0 bridgehead atoms. The number of nitrogens with one attached hydrogen (secondary N) is 1. The van der Waals surface area contributed by atoms with Crippen molar-refractivity contribution < 1.29 is 14.3 Å². The monoisotopic (exact) mass is 460 g/mol. The summed E-state index contributed by atoms with van der Waals surface area (Å²) < 4.78 is 5.38. The Hall–Kier alpha value is -3.45. The number of piperidine rings is 1. The molecule has 2 aromatic carbocycles. The van der Waals surface area contributed by atoms with E-state index in [0.717, 1.165) is 54.4 Å². The molecule has 1 aromatic heterocycles. The maximum absolute atomic E-state index is 12.0. The fourth-order valence-electron chi connectivity index (χ4n) is 4.32. The molecular formula is C27H32N4O3. The fourth-order valence-corrected chi connectivity index (χ4v) is 4.32. The molecule has 1 fully saturated rings. The molecule has 3 N–H and O–H groups in total. The van der Waals surface area contributed by atoms with Crippen LogP contribution in [0.2, 0.25) is 0 Å². The maximum Gasteiger partial charge on any atom is 0.407 e. The van der Waals surface area contributed by atoms with Crippen LogP contribution in [0.15, 0.2) is 54.9 Å². The van der Waals surface area contributed by atoms with Crippen LogP contribution in [0.3, 0.4) is 0 Å². The number of fused-ring (bicyclic) bond motifs is 1. The van der Waals surface area contributed by atoms with Crippen molar-refractivity contribution in [1.29, 1.82) is 0 Å². The number of aromatic nitrogens is 1. The van der Waals surface area contributed by atoms with E-state index in [9.17, 15) is 9.59 Å². The summed E-state index contributed by atoms with van der Waals surface area (Å²) in [6.07, 6.45) is 5.18. The Morgan fingerprint density at radius 1 is 1.09 bits per heavy atom. The van der Waals surface area contributed by atoms with Crippen LogP contribution in [0.1, 0.15) is 49.5 Å². The summed E-state index contributed by atoms with van der Waals surface area (Å²) >= 11 is 0. The van der Waals surface area contributed by atoms with E-state index in [2.05, 4.69) is 33.4 Å². The zero-order valence-corrected chi connectivity index (χ0v) is 20.0. The number of carbonyl (C=O) groups excluding carboxylic acids is 2. The number of nitrogens with zero attached hydrogens (tertiary/aromatic N) is 2. The number of hydrogen-bond acceptors (Lipinski definition) is 5. The minimum Gasteiger partial charge on any atom is -0.444 e. The largest absolute Gasteiger partial charge is 0.444 e. The van der Waals surface area contributed by atoms with E-state index in [1.165, 1.54) is 5.56 Å². The average molecular weight is 461 g/mol. The Balaban J connectivity index is 1.43. The van der Waals surface area contributed by atoms with Crippen molar-refractivity contribution in [3.63, 3.8) is 0 Å². The number of alkyl carbamates (subject to hydrolysis) is 1. The highest BCUT2D eigenvalue weighted by Crippen LogP contribution is 2.29. The average Bonchev–Trinajstić information content (AvgIpc) is 2.79. The first kappa shape index (κ1) is 23.7. The molecule has 2 heterocycles. The number of carbonyl (C=O) groups is 2. The number of pyridine rings is 1. The molecule has 7 heteroatoms. The zero-order valence-electron chi connectivity index (χ0n) is 20.0. The molecule has 4 rings (SSSR count). The van der Waals surface area contributed by atoms with E-state index in [1.807, 2.05) is 45.3 Å². The Labute approximate surface area is 200 Å². The molecule has 1 aliphatic rings. The first-order valence-corrected chi connectivity index (χ1v) is 11.7. The Morgan fingerprint density at radius 3 is 2.44 bits per heavy atom. The van der Waals surface area contributed by atoms with Crippen LogP contribution in [0.4, 0.5) is 4.79 Å². The van der Waals surface area contributed by atoms with Crippen LogP contribution in [-0.4, -0.2) is 46.6 Å². The van der Waals surface area contributed by atoms with Gasteiger partial charge in [-0.3, -0.25) is 14.7 Å². The zero-order chi connectivity index (χ0) is 24.3. The topological polar surface area (TPSA) is 97.6 Å². The van der Waals surface area contributed by atoms with Gasteiger partial charge in [-0.05, 0) is 68.3 Å². The van der Waals surface area contributed by atoms with Crippen LogP contribution >= 0.6 is 0 Å². The fraction of sp³-hybridized carbons (Fsp3) is 0.370. The summed E-state index contributed by atoms with van der Waals surface area (Å²) in [5.41, 5.74) is 8.62. The van der Waals surface area contributed by atoms with Crippen molar-refractivity contribution in [2.24, 2.45) is 5.73 Å². The van der Waals surface area contributed by atoms with Gasteiger partial charge in [-0.25, -0.2) is 4.79 Å². The van der Waals surface area contributed by atoms with Crippen LogP contribution < -0.4 is 11.1 Å². The van der Waals surface area contributed by atoms with Crippen molar-refractivity contribution in [1.82, 2.24) is 15.2 Å². The molecule has 0 radical (unpaired) electrons. The van der Waals surface area contributed by atoms with Gasteiger partial charge in [0, 0.05) is 54.6 Å². The molecule has 0 spiro atoms. The molecule has 0 saturated carbocycles. The first-order valence-electron chi connectivity index (χ1n) is 11.7. The number of likely N-dealkylation sites (tertiary alicyclic amines) is 1. The van der Waals surface area contributed by atoms with Crippen molar-refractivity contribution in [2.45, 2.75) is 51.8 Å². The van der Waals surface area contributed by atoms with Crippen molar-refractivity contribution in [3.05, 3.63) is 66.0 Å². The van der Waals surface area contributed by atoms with Crippen LogP contribution in [-0.2, 0) is 11.3 Å². The summed E-state index contributed by atoms with van der Waals surface area (Å²) in [6.45, 7) is 8.28. The molecular weight excluding hydrogens is 428 g/mol. The normalized spacial score (nSPS) is 15.3. The minimum atomic E-state index is -0.487. The van der Waals surface area contributed by atoms with Gasteiger partial charge in [-0.15, -0.1) is 0 Å². The lowest BCUT2D eigenvalue weighted by molar-refractivity contribution is 0.0477. The Bertz CT molecular complexity index is 1180. The van der Waals surface area contributed by atoms with Gasteiger partial charge in [0.05, 0.1) is 0 Å². The van der Waals surface area contributed by atoms with E-state index in [0.29, 0.717) is 5.56 Å². The predicted octanol–water partition coefficient (Wildman–Crippen LogP) is 4.49. The van der Waals surface area contributed by atoms with E-state index < -0.39 is 11.5 Å². The number of amides is 2. The molecule has 2 amide bonds. The molecule has 1 aliphatic heterocycles. The number of benzene rings is 2. The lowest BCUT2D eigenvalue weighted by atomic mass is 9.98. The number of primary amides is 1. The first-order chi connectivity index (χ1) is 16.2. The van der Waals surface area contributed by atoms with Gasteiger partial charge in [0.1, 0.15) is 5.60 Å². The van der Waals surface area contributed by atoms with Gasteiger partial charge in [0.15, 0.2) is 0 Å². The molecule has 178 valence electrons. The highest BCUT2D eigenvalue weighted by molar-refractivity contribution is 5.97. The lowest BCUT2D eigenvalue weighted by Gasteiger charge is -2.33. The second-order valence-corrected chi connectivity index (χ2v) is 9.88. The van der Waals surface area contributed by atoms with Crippen LogP contribution in [0, 0.1) is 0 Å². The second-order valence-electron chi connectivity index (χ2n) is 9.88. The maximum atomic E-state index is 12.0. The van der Waals surface area contributed by atoms with E-state index >= 15 is 0 Å². The summed E-state index contributed by atoms with van der Waals surface area (Å²) in [5.74, 6) is -0.435. The van der Waals surface area contributed by atoms with Crippen molar-refractivity contribution in [2.75, 3.05) is 13.1 Å². The number of nitrogens with two attached hydrogens (primary N) is 1. The summed E-state index contributed by atoms with van der Waals surface area (Å²) in [6, 6.07) is 13.9. The summed E-state index contributed by atoms with van der Waals surface area (Å²) in [4.78, 5) is 30.3. The van der Waals surface area contributed by atoms with E-state index in [4.69, 9.17) is 10.5 Å². The lowest BCUT2D eigenvalue weighted by Crippen LogP contribution is -2.45. The third-order valence-electron chi connectivity index (χ3n) is 6.02. The Morgan fingerprint density at radius 2 is 1.79 bits per heavy atom.